The molecular weight excluding hydrogens is 312 g/mol. The molecule has 1 fully saturated rings. The predicted molar refractivity (Wildman–Crippen MR) is 78.6 cm³/mol. The summed E-state index contributed by atoms with van der Waals surface area (Å²) in [7, 11) is 0. The topological polar surface area (TPSA) is 55.1 Å². The summed E-state index contributed by atoms with van der Waals surface area (Å²) in [5, 5.41) is 2.98. The van der Waals surface area contributed by atoms with Crippen LogP contribution in [0.15, 0.2) is 27.6 Å². The lowest BCUT2D eigenvalue weighted by atomic mass is 10.1. The van der Waals surface area contributed by atoms with Crippen molar-refractivity contribution < 1.29 is 4.79 Å². The van der Waals surface area contributed by atoms with Crippen LogP contribution < -0.4 is 11.1 Å². The maximum atomic E-state index is 11.6. The smallest absolute Gasteiger partial charge is 0.230 e. The average Bonchev–Trinajstić information content (AvgIpc) is 3.10. The van der Waals surface area contributed by atoms with Gasteiger partial charge in [0.2, 0.25) is 5.91 Å². The van der Waals surface area contributed by atoms with Crippen molar-refractivity contribution in [3.8, 4) is 0 Å². The molecular formula is C13H17BrN2OS. The molecule has 3 nitrogen and oxygen atoms in total. The van der Waals surface area contributed by atoms with Gasteiger partial charge in [-0.1, -0.05) is 22.0 Å². The average molecular weight is 329 g/mol. The molecule has 0 spiro atoms. The van der Waals surface area contributed by atoms with Crippen molar-refractivity contribution in [3.05, 3.63) is 28.2 Å². The lowest BCUT2D eigenvalue weighted by Crippen LogP contribution is -2.26. The third kappa shape index (κ3) is 4.00. The van der Waals surface area contributed by atoms with E-state index in [1.165, 1.54) is 0 Å². The summed E-state index contributed by atoms with van der Waals surface area (Å²) < 4.78 is 1.00. The minimum atomic E-state index is 0.0107. The molecule has 0 radical (unpaired) electrons. The molecule has 1 atom stereocenters. The van der Waals surface area contributed by atoms with E-state index in [4.69, 9.17) is 5.73 Å². The van der Waals surface area contributed by atoms with Gasteiger partial charge in [-0.05, 0) is 37.5 Å². The Morgan fingerprint density at radius 2 is 2.33 bits per heavy atom. The zero-order valence-electron chi connectivity index (χ0n) is 10.3. The Morgan fingerprint density at radius 1 is 1.61 bits per heavy atom. The molecule has 1 aromatic carbocycles. The van der Waals surface area contributed by atoms with Crippen molar-refractivity contribution in [2.24, 2.45) is 5.73 Å². The molecule has 0 aromatic heterocycles. The van der Waals surface area contributed by atoms with Crippen molar-refractivity contribution >= 4 is 33.6 Å². The van der Waals surface area contributed by atoms with E-state index in [2.05, 4.69) is 21.2 Å². The fraction of sp³-hybridized carbons (Fsp3) is 0.462. The standard InChI is InChI=1S/C13H17BrN2OS/c1-8(15)11-5-4-10(6-12(11)14)18-7-13(17)16-9-2-3-9/h4-6,8-9H,2-3,7,15H2,1H3,(H,16,17)/t8-/m1/s1. The number of carbonyl (C=O) groups is 1. The summed E-state index contributed by atoms with van der Waals surface area (Å²) in [6.07, 6.45) is 2.26. The Morgan fingerprint density at radius 3 is 2.89 bits per heavy atom. The van der Waals surface area contributed by atoms with Gasteiger partial charge in [-0.25, -0.2) is 0 Å². The molecule has 0 aliphatic heterocycles. The number of hydrogen-bond acceptors (Lipinski definition) is 3. The van der Waals surface area contributed by atoms with Crippen LogP contribution in [-0.2, 0) is 4.79 Å². The van der Waals surface area contributed by atoms with E-state index in [-0.39, 0.29) is 11.9 Å². The van der Waals surface area contributed by atoms with Gasteiger partial charge in [0.05, 0.1) is 5.75 Å². The van der Waals surface area contributed by atoms with E-state index in [1.807, 2.05) is 25.1 Å². The Bertz CT molecular complexity index is 447. The second kappa shape index (κ2) is 6.08. The number of halogens is 1. The second-order valence-electron chi connectivity index (χ2n) is 4.60. The monoisotopic (exact) mass is 328 g/mol. The molecule has 1 amide bonds. The third-order valence-corrected chi connectivity index (χ3v) is 4.46. The van der Waals surface area contributed by atoms with E-state index in [0.717, 1.165) is 27.8 Å². The zero-order valence-corrected chi connectivity index (χ0v) is 12.7. The molecule has 5 heteroatoms. The Labute approximate surface area is 120 Å². The number of rotatable bonds is 5. The van der Waals surface area contributed by atoms with Crippen molar-refractivity contribution in [3.63, 3.8) is 0 Å². The molecule has 1 aromatic rings. The SMILES string of the molecule is C[C@@H](N)c1ccc(SCC(=O)NC2CC2)cc1Br. The van der Waals surface area contributed by atoms with Crippen LogP contribution in [0.5, 0.6) is 0 Å². The highest BCUT2D eigenvalue weighted by Gasteiger charge is 2.22. The minimum absolute atomic E-state index is 0.0107. The van der Waals surface area contributed by atoms with Crippen molar-refractivity contribution in [1.29, 1.82) is 0 Å². The van der Waals surface area contributed by atoms with Gasteiger partial charge in [-0.2, -0.15) is 0 Å². The van der Waals surface area contributed by atoms with Crippen molar-refractivity contribution in [1.82, 2.24) is 5.32 Å². The van der Waals surface area contributed by atoms with Crippen molar-refractivity contribution in [2.45, 2.75) is 36.7 Å². The molecule has 0 bridgehead atoms. The van der Waals surface area contributed by atoms with Gasteiger partial charge >= 0.3 is 0 Å². The summed E-state index contributed by atoms with van der Waals surface area (Å²) in [4.78, 5) is 12.6. The van der Waals surface area contributed by atoms with Crippen LogP contribution in [0.3, 0.4) is 0 Å². The highest BCUT2D eigenvalue weighted by Crippen LogP contribution is 2.28. The largest absolute Gasteiger partial charge is 0.353 e. The first-order valence-electron chi connectivity index (χ1n) is 6.03. The van der Waals surface area contributed by atoms with E-state index in [1.54, 1.807) is 11.8 Å². The number of benzene rings is 1. The molecule has 18 heavy (non-hydrogen) atoms. The number of amides is 1. The van der Waals surface area contributed by atoms with Crippen LogP contribution >= 0.6 is 27.7 Å². The normalized spacial score (nSPS) is 16.4. The minimum Gasteiger partial charge on any atom is -0.353 e. The van der Waals surface area contributed by atoms with Gasteiger partial charge in [-0.15, -0.1) is 11.8 Å². The lowest BCUT2D eigenvalue weighted by molar-refractivity contribution is -0.118. The Kier molecular flexibility index (Phi) is 4.70. The Hall–Kier alpha value is -0.520. The maximum absolute atomic E-state index is 11.6. The number of nitrogens with two attached hydrogens (primary N) is 1. The van der Waals surface area contributed by atoms with E-state index < -0.39 is 0 Å². The molecule has 0 saturated heterocycles. The first kappa shape index (κ1) is 13.9. The number of hydrogen-bond donors (Lipinski definition) is 2. The summed E-state index contributed by atoms with van der Waals surface area (Å²) in [5.74, 6) is 0.593. The zero-order chi connectivity index (χ0) is 13.1. The van der Waals surface area contributed by atoms with Gasteiger partial charge in [0, 0.05) is 21.5 Å². The number of nitrogens with one attached hydrogen (secondary N) is 1. The van der Waals surface area contributed by atoms with E-state index in [9.17, 15) is 4.79 Å². The van der Waals surface area contributed by atoms with E-state index >= 15 is 0 Å². The summed E-state index contributed by atoms with van der Waals surface area (Å²) >= 11 is 5.06. The summed E-state index contributed by atoms with van der Waals surface area (Å²) in [6.45, 7) is 1.95. The lowest BCUT2D eigenvalue weighted by Gasteiger charge is -2.10. The van der Waals surface area contributed by atoms with E-state index in [0.29, 0.717) is 11.8 Å². The van der Waals surface area contributed by atoms with Gasteiger partial charge in [-0.3, -0.25) is 4.79 Å². The molecule has 1 aliphatic carbocycles. The molecule has 1 aliphatic rings. The molecule has 3 N–H and O–H groups in total. The van der Waals surface area contributed by atoms with Gasteiger partial charge in [0.1, 0.15) is 0 Å². The highest BCUT2D eigenvalue weighted by atomic mass is 79.9. The van der Waals surface area contributed by atoms with Gasteiger partial charge < -0.3 is 11.1 Å². The number of carbonyl (C=O) groups excluding carboxylic acids is 1. The fourth-order valence-electron chi connectivity index (χ4n) is 1.61. The van der Waals surface area contributed by atoms with Crippen LogP contribution in [0.25, 0.3) is 0 Å². The predicted octanol–water partition coefficient (Wildman–Crippen LogP) is 2.84. The molecule has 0 unspecified atom stereocenters. The molecule has 98 valence electrons. The summed E-state index contributed by atoms with van der Waals surface area (Å²) in [5.41, 5.74) is 6.93. The van der Waals surface area contributed by atoms with Crippen LogP contribution in [0.4, 0.5) is 0 Å². The molecule has 2 rings (SSSR count). The molecule has 1 saturated carbocycles. The molecule has 0 heterocycles. The van der Waals surface area contributed by atoms with Crippen LogP contribution in [0.2, 0.25) is 0 Å². The van der Waals surface area contributed by atoms with Crippen molar-refractivity contribution in [2.75, 3.05) is 5.75 Å². The maximum Gasteiger partial charge on any atom is 0.230 e. The third-order valence-electron chi connectivity index (χ3n) is 2.77. The quantitative estimate of drug-likeness (QED) is 0.817. The number of thioether (sulfide) groups is 1. The Balaban J connectivity index is 1.88. The second-order valence-corrected chi connectivity index (χ2v) is 6.51. The van der Waals surface area contributed by atoms with Gasteiger partial charge in [0.15, 0.2) is 0 Å². The summed E-state index contributed by atoms with van der Waals surface area (Å²) in [6, 6.07) is 6.49. The van der Waals surface area contributed by atoms with Crippen LogP contribution in [-0.4, -0.2) is 17.7 Å². The fourth-order valence-corrected chi connectivity index (χ4v) is 3.25. The van der Waals surface area contributed by atoms with Gasteiger partial charge in [0.25, 0.3) is 0 Å². The first-order chi connectivity index (χ1) is 8.56. The van der Waals surface area contributed by atoms with Crippen LogP contribution in [0.1, 0.15) is 31.4 Å². The first-order valence-corrected chi connectivity index (χ1v) is 7.81. The highest BCUT2D eigenvalue weighted by molar-refractivity contribution is 9.10. The van der Waals surface area contributed by atoms with Crippen LogP contribution in [0, 0.1) is 0 Å².